The Kier molecular flexibility index (Phi) is 6.60. The van der Waals surface area contributed by atoms with Crippen LogP contribution in [0.1, 0.15) is 53.5 Å². The normalized spacial score (nSPS) is 13.7. The van der Waals surface area contributed by atoms with Gasteiger partial charge >= 0.3 is 6.09 Å². The molecule has 0 saturated heterocycles. The van der Waals surface area contributed by atoms with Crippen LogP contribution in [0.4, 0.5) is 4.79 Å². The van der Waals surface area contributed by atoms with E-state index >= 15 is 0 Å². The number of pyridine rings is 1. The summed E-state index contributed by atoms with van der Waals surface area (Å²) in [7, 11) is 0. The number of hydrogen-bond acceptors (Lipinski definition) is 5. The third-order valence-electron chi connectivity index (χ3n) is 4.59. The predicted molar refractivity (Wildman–Crippen MR) is 119 cm³/mol. The van der Waals surface area contributed by atoms with Gasteiger partial charge in [0.1, 0.15) is 18.0 Å². The molecule has 2 aromatic rings. The second-order valence-corrected chi connectivity index (χ2v) is 9.83. The fourth-order valence-corrected chi connectivity index (χ4v) is 3.81. The summed E-state index contributed by atoms with van der Waals surface area (Å²) in [5.41, 5.74) is 2.45. The first-order chi connectivity index (χ1) is 14.0. The molecule has 1 amide bonds. The summed E-state index contributed by atoms with van der Waals surface area (Å²) in [6.45, 7) is 12.1. The van der Waals surface area contributed by atoms with E-state index in [-0.39, 0.29) is 6.04 Å². The number of rotatable bonds is 5. The summed E-state index contributed by atoms with van der Waals surface area (Å²) in [6, 6.07) is 5.56. The molecule has 1 atom stereocenters. The molecule has 0 unspecified atom stereocenters. The van der Waals surface area contributed by atoms with Crippen LogP contribution in [-0.2, 0) is 11.3 Å². The average Bonchev–Trinajstić information content (AvgIpc) is 2.64. The topological polar surface area (TPSA) is 60.9 Å². The second kappa shape index (κ2) is 8.84. The summed E-state index contributed by atoms with van der Waals surface area (Å²) in [5, 5.41) is 1.32. The van der Waals surface area contributed by atoms with Crippen LogP contribution in [-0.4, -0.2) is 27.8 Å². The molecule has 1 aliphatic rings. The van der Waals surface area contributed by atoms with Crippen molar-refractivity contribution in [3.8, 4) is 22.6 Å². The molecule has 1 aromatic heterocycles. The lowest BCUT2D eigenvalue weighted by Gasteiger charge is -2.32. The summed E-state index contributed by atoms with van der Waals surface area (Å²) in [6.07, 6.45) is 3.84. The first-order valence-corrected chi connectivity index (χ1v) is 10.9. The van der Waals surface area contributed by atoms with E-state index in [1.54, 1.807) is 6.20 Å². The molecule has 0 bridgehead atoms. The van der Waals surface area contributed by atoms with E-state index in [0.717, 1.165) is 27.6 Å². The lowest BCUT2D eigenvalue weighted by Crippen LogP contribution is -2.44. The Bertz CT molecular complexity index is 924. The Labute approximate surface area is 186 Å². The molecule has 6 nitrogen and oxygen atoms in total. The van der Waals surface area contributed by atoms with Gasteiger partial charge in [0.05, 0.1) is 10.5 Å². The van der Waals surface area contributed by atoms with Gasteiger partial charge in [-0.05, 0) is 73.7 Å². The first kappa shape index (κ1) is 22.4. The van der Waals surface area contributed by atoms with Crippen LogP contribution in [0, 0.1) is 5.92 Å². The Morgan fingerprint density at radius 1 is 1.27 bits per heavy atom. The highest BCUT2D eigenvalue weighted by Crippen LogP contribution is 2.43. The molecule has 1 aromatic carbocycles. The summed E-state index contributed by atoms with van der Waals surface area (Å²) < 4.78 is 12.2. The van der Waals surface area contributed by atoms with Crippen molar-refractivity contribution in [2.24, 2.45) is 5.92 Å². The Morgan fingerprint density at radius 2 is 2.00 bits per heavy atom. The molecule has 2 heterocycles. The molecular weight excluding hydrogens is 448 g/mol. The number of nitrogens with zero attached hydrogens (tertiary/aromatic N) is 2. The van der Waals surface area contributed by atoms with Crippen LogP contribution in [0.2, 0.25) is 0 Å². The maximum absolute atomic E-state index is 12.9. The number of benzene rings is 1. The molecule has 30 heavy (non-hydrogen) atoms. The highest BCUT2D eigenvalue weighted by Gasteiger charge is 2.30. The molecule has 7 heteroatoms. The first-order valence-electron chi connectivity index (χ1n) is 10.1. The molecule has 162 valence electrons. The third kappa shape index (κ3) is 5.25. The third-order valence-corrected chi connectivity index (χ3v) is 5.21. The van der Waals surface area contributed by atoms with Crippen LogP contribution >= 0.6 is 15.9 Å². The highest BCUT2D eigenvalue weighted by molar-refractivity contribution is 9.10. The van der Waals surface area contributed by atoms with E-state index < -0.39 is 11.7 Å². The van der Waals surface area contributed by atoms with Crippen molar-refractivity contribution >= 4 is 22.0 Å². The second-order valence-electron chi connectivity index (χ2n) is 8.98. The maximum atomic E-state index is 12.9. The molecule has 1 aliphatic heterocycles. The summed E-state index contributed by atoms with van der Waals surface area (Å²) in [5.74, 6) is 1.59. The minimum absolute atomic E-state index is 0.171. The van der Waals surface area contributed by atoms with Gasteiger partial charge in [-0.2, -0.15) is 0 Å². The molecule has 0 spiro atoms. The molecule has 0 N–H and O–H groups in total. The van der Waals surface area contributed by atoms with Gasteiger partial charge < -0.3 is 14.3 Å². The van der Waals surface area contributed by atoms with Crippen LogP contribution in [0.5, 0.6) is 11.5 Å². The van der Waals surface area contributed by atoms with Crippen molar-refractivity contribution in [1.82, 2.24) is 10.0 Å². The minimum Gasteiger partial charge on any atom is -0.488 e. The smallest absolute Gasteiger partial charge is 0.443 e. The van der Waals surface area contributed by atoms with E-state index in [4.69, 9.17) is 14.3 Å². The van der Waals surface area contributed by atoms with Crippen LogP contribution < -0.4 is 9.57 Å². The number of hydrogen-bond donors (Lipinski definition) is 0. The molecule has 3 rings (SSSR count). The van der Waals surface area contributed by atoms with Gasteiger partial charge in [-0.25, -0.2) is 4.79 Å². The number of carbonyl (C=O) groups excluding carboxylic acids is 1. The van der Waals surface area contributed by atoms with Gasteiger partial charge in [0.2, 0.25) is 0 Å². The standard InChI is InChI=1S/C23H29BrN2O4/c1-14(2)9-15(3)26(22(27)29-23(4,5)6)30-21-11-20-18(10-19(21)24)17-7-8-25-12-16(17)13-28-20/h7-8,10-12,14-15H,9,13H2,1-6H3/t15-/m0/s1. The molecular formula is C23H29BrN2O4. The van der Waals surface area contributed by atoms with Gasteiger partial charge in [-0.1, -0.05) is 13.8 Å². The van der Waals surface area contributed by atoms with Gasteiger partial charge in [-0.15, -0.1) is 5.06 Å². The van der Waals surface area contributed by atoms with Gasteiger partial charge in [0, 0.05) is 29.6 Å². The van der Waals surface area contributed by atoms with E-state index in [1.165, 1.54) is 5.06 Å². The zero-order chi connectivity index (χ0) is 22.1. The maximum Gasteiger partial charge on any atom is 0.443 e. The molecule has 0 fully saturated rings. The van der Waals surface area contributed by atoms with Crippen molar-refractivity contribution < 1.29 is 19.1 Å². The van der Waals surface area contributed by atoms with Crippen LogP contribution in [0.3, 0.4) is 0 Å². The quantitative estimate of drug-likeness (QED) is 0.469. The van der Waals surface area contributed by atoms with E-state index in [0.29, 0.717) is 24.0 Å². The molecule has 0 saturated carbocycles. The number of amides is 1. The minimum atomic E-state index is -0.621. The van der Waals surface area contributed by atoms with Crippen molar-refractivity contribution in [2.45, 2.75) is 66.2 Å². The molecule has 0 aliphatic carbocycles. The largest absolute Gasteiger partial charge is 0.488 e. The summed E-state index contributed by atoms with van der Waals surface area (Å²) >= 11 is 3.59. The lowest BCUT2D eigenvalue weighted by atomic mass is 9.99. The number of carbonyl (C=O) groups is 1. The predicted octanol–water partition coefficient (Wildman–Crippen LogP) is 6.37. The van der Waals surface area contributed by atoms with Crippen molar-refractivity contribution in [3.63, 3.8) is 0 Å². The van der Waals surface area contributed by atoms with Crippen molar-refractivity contribution in [2.75, 3.05) is 0 Å². The zero-order valence-electron chi connectivity index (χ0n) is 18.4. The van der Waals surface area contributed by atoms with E-state index in [1.807, 2.05) is 52.1 Å². The zero-order valence-corrected chi connectivity index (χ0v) is 19.9. The van der Waals surface area contributed by atoms with E-state index in [2.05, 4.69) is 34.8 Å². The highest BCUT2D eigenvalue weighted by atomic mass is 79.9. The molecule has 0 radical (unpaired) electrons. The fourth-order valence-electron chi connectivity index (χ4n) is 3.39. The number of hydroxylamine groups is 2. The average molecular weight is 477 g/mol. The number of fused-ring (bicyclic) bond motifs is 3. The fraction of sp³-hybridized carbons (Fsp3) is 0.478. The van der Waals surface area contributed by atoms with Crippen molar-refractivity contribution in [3.05, 3.63) is 40.6 Å². The Balaban J connectivity index is 1.92. The Hall–Kier alpha value is -2.28. The van der Waals surface area contributed by atoms with Gasteiger partial charge in [0.25, 0.3) is 0 Å². The number of aromatic nitrogens is 1. The lowest BCUT2D eigenvalue weighted by molar-refractivity contribution is -0.0971. The number of halogens is 1. The van der Waals surface area contributed by atoms with Gasteiger partial charge in [-0.3, -0.25) is 4.98 Å². The summed E-state index contributed by atoms with van der Waals surface area (Å²) in [4.78, 5) is 23.1. The monoisotopic (exact) mass is 476 g/mol. The van der Waals surface area contributed by atoms with Gasteiger partial charge in [0.15, 0.2) is 5.75 Å². The van der Waals surface area contributed by atoms with Crippen LogP contribution in [0.15, 0.2) is 35.1 Å². The van der Waals surface area contributed by atoms with Crippen LogP contribution in [0.25, 0.3) is 11.1 Å². The SMILES string of the molecule is CC(C)C[C@H](C)N(Oc1cc2c(cc1Br)-c1ccncc1CO2)C(=O)OC(C)(C)C. The number of ether oxygens (including phenoxy) is 2. The Morgan fingerprint density at radius 3 is 2.67 bits per heavy atom. The van der Waals surface area contributed by atoms with E-state index in [9.17, 15) is 4.79 Å². The van der Waals surface area contributed by atoms with Crippen molar-refractivity contribution in [1.29, 1.82) is 0 Å².